The zero-order valence-electron chi connectivity index (χ0n) is 16.8. The summed E-state index contributed by atoms with van der Waals surface area (Å²) in [4.78, 5) is 17.2. The van der Waals surface area contributed by atoms with Crippen molar-refractivity contribution in [1.82, 2.24) is 9.29 Å². The van der Waals surface area contributed by atoms with Crippen molar-refractivity contribution in [2.75, 3.05) is 18.4 Å². The normalized spacial score (nSPS) is 11.9. The number of thiazole rings is 1. The van der Waals surface area contributed by atoms with Gasteiger partial charge in [0, 0.05) is 24.3 Å². The van der Waals surface area contributed by atoms with Gasteiger partial charge < -0.3 is 5.32 Å². The lowest BCUT2D eigenvalue weighted by Crippen LogP contribution is -2.31. The van der Waals surface area contributed by atoms with Gasteiger partial charge in [-0.1, -0.05) is 20.3 Å². The highest BCUT2D eigenvalue weighted by Gasteiger charge is 2.22. The third kappa shape index (κ3) is 4.83. The highest BCUT2D eigenvalue weighted by molar-refractivity contribution is 7.89. The summed E-state index contributed by atoms with van der Waals surface area (Å²) < 4.78 is 28.1. The fourth-order valence-corrected chi connectivity index (χ4v) is 5.38. The first-order valence-electron chi connectivity index (χ1n) is 9.64. The summed E-state index contributed by atoms with van der Waals surface area (Å²) in [6, 6.07) is 11.7. The van der Waals surface area contributed by atoms with Crippen LogP contribution in [-0.4, -0.2) is 36.7 Å². The van der Waals surface area contributed by atoms with E-state index < -0.39 is 10.0 Å². The first-order valence-corrected chi connectivity index (χ1v) is 11.9. The first-order chi connectivity index (χ1) is 13.8. The third-order valence-corrected chi connectivity index (χ3v) is 7.54. The number of amides is 1. The van der Waals surface area contributed by atoms with Crippen LogP contribution in [0.25, 0.3) is 10.2 Å². The van der Waals surface area contributed by atoms with E-state index in [9.17, 15) is 13.2 Å². The lowest BCUT2D eigenvalue weighted by atomic mass is 10.2. The Morgan fingerprint density at radius 2 is 1.86 bits per heavy atom. The van der Waals surface area contributed by atoms with Crippen molar-refractivity contribution in [2.24, 2.45) is 0 Å². The molecule has 6 nitrogen and oxygen atoms in total. The molecular formula is C21H25N3O3S2. The minimum Gasteiger partial charge on any atom is -0.322 e. The largest absolute Gasteiger partial charge is 0.322 e. The van der Waals surface area contributed by atoms with Gasteiger partial charge in [-0.3, -0.25) is 4.79 Å². The van der Waals surface area contributed by atoms with Gasteiger partial charge in [-0.2, -0.15) is 4.31 Å². The standard InChI is InChI=1S/C21H25N3O3S2/c1-4-6-13-24(5-2)29(26,27)18-10-7-16(8-11-18)21(25)23-17-9-12-19-20(14-17)28-15(3)22-19/h7-12,14H,4-6,13H2,1-3H3,(H,23,25). The van der Waals surface area contributed by atoms with Crippen molar-refractivity contribution >= 4 is 43.2 Å². The fourth-order valence-electron chi connectivity index (χ4n) is 3.03. The SMILES string of the molecule is CCCCN(CC)S(=O)(=O)c1ccc(C(=O)Nc2ccc3nc(C)sc3c2)cc1. The number of aryl methyl sites for hydroxylation is 1. The van der Waals surface area contributed by atoms with Gasteiger partial charge in [0.15, 0.2) is 0 Å². The summed E-state index contributed by atoms with van der Waals surface area (Å²) >= 11 is 1.57. The number of hydrogen-bond acceptors (Lipinski definition) is 5. The summed E-state index contributed by atoms with van der Waals surface area (Å²) in [6.45, 7) is 6.72. The molecule has 3 aromatic rings. The second-order valence-electron chi connectivity index (χ2n) is 6.74. The first kappa shape index (κ1) is 21.4. The number of aromatic nitrogens is 1. The van der Waals surface area contributed by atoms with Crippen LogP contribution in [0.4, 0.5) is 5.69 Å². The van der Waals surface area contributed by atoms with Gasteiger partial charge in [0.2, 0.25) is 10.0 Å². The van der Waals surface area contributed by atoms with Crippen molar-refractivity contribution in [3.8, 4) is 0 Å². The smallest absolute Gasteiger partial charge is 0.255 e. The molecule has 1 amide bonds. The van der Waals surface area contributed by atoms with Gasteiger partial charge >= 0.3 is 0 Å². The molecule has 1 N–H and O–H groups in total. The van der Waals surface area contributed by atoms with E-state index in [1.165, 1.54) is 16.4 Å². The molecule has 0 saturated carbocycles. The number of hydrogen-bond donors (Lipinski definition) is 1. The number of fused-ring (bicyclic) bond motifs is 1. The second kappa shape index (κ2) is 9.02. The predicted octanol–water partition coefficient (Wildman–Crippen LogP) is 4.67. The van der Waals surface area contributed by atoms with Gasteiger partial charge in [0.25, 0.3) is 5.91 Å². The summed E-state index contributed by atoms with van der Waals surface area (Å²) in [5.74, 6) is -0.284. The molecule has 29 heavy (non-hydrogen) atoms. The molecule has 0 unspecified atom stereocenters. The van der Waals surface area contributed by atoms with Gasteiger partial charge in [-0.15, -0.1) is 11.3 Å². The van der Waals surface area contributed by atoms with Crippen LogP contribution >= 0.6 is 11.3 Å². The second-order valence-corrected chi connectivity index (χ2v) is 9.92. The Morgan fingerprint density at radius 1 is 1.14 bits per heavy atom. The van der Waals surface area contributed by atoms with Gasteiger partial charge in [-0.25, -0.2) is 13.4 Å². The number of rotatable bonds is 8. The number of benzene rings is 2. The highest BCUT2D eigenvalue weighted by atomic mass is 32.2. The maximum atomic E-state index is 12.8. The molecule has 0 atom stereocenters. The molecule has 154 valence electrons. The molecule has 2 aromatic carbocycles. The van der Waals surface area contributed by atoms with Crippen LogP contribution in [0.2, 0.25) is 0 Å². The fraction of sp³-hybridized carbons (Fsp3) is 0.333. The zero-order chi connectivity index (χ0) is 21.0. The number of carbonyl (C=O) groups is 1. The molecule has 0 spiro atoms. The molecule has 0 aliphatic heterocycles. The van der Waals surface area contributed by atoms with Gasteiger partial charge in [-0.05, 0) is 55.8 Å². The zero-order valence-corrected chi connectivity index (χ0v) is 18.4. The summed E-state index contributed by atoms with van der Waals surface area (Å²) in [7, 11) is -3.55. The van der Waals surface area contributed by atoms with E-state index >= 15 is 0 Å². The van der Waals surface area contributed by atoms with Crippen molar-refractivity contribution in [1.29, 1.82) is 0 Å². The number of anilines is 1. The Balaban J connectivity index is 1.75. The molecular weight excluding hydrogens is 406 g/mol. The van der Waals surface area contributed by atoms with E-state index in [2.05, 4.69) is 10.3 Å². The Bertz CT molecular complexity index is 1110. The number of unbranched alkanes of at least 4 members (excludes halogenated alkanes) is 1. The number of nitrogens with zero attached hydrogens (tertiary/aromatic N) is 2. The highest BCUT2D eigenvalue weighted by Crippen LogP contribution is 2.25. The molecule has 0 aliphatic rings. The molecule has 1 aromatic heterocycles. The van der Waals surface area contributed by atoms with Crippen molar-refractivity contribution < 1.29 is 13.2 Å². The summed E-state index contributed by atoms with van der Waals surface area (Å²) in [6.07, 6.45) is 1.75. The van der Waals surface area contributed by atoms with Crippen LogP contribution in [-0.2, 0) is 10.0 Å². The molecule has 3 rings (SSSR count). The average Bonchev–Trinajstić information content (AvgIpc) is 3.07. The average molecular weight is 432 g/mol. The van der Waals surface area contributed by atoms with E-state index in [0.717, 1.165) is 28.1 Å². The third-order valence-electron chi connectivity index (χ3n) is 4.62. The molecule has 8 heteroatoms. The van der Waals surface area contributed by atoms with Crippen LogP contribution in [0, 0.1) is 6.92 Å². The Hall–Kier alpha value is -2.29. The monoisotopic (exact) mass is 431 g/mol. The Kier molecular flexibility index (Phi) is 6.66. The maximum absolute atomic E-state index is 12.8. The summed E-state index contributed by atoms with van der Waals surface area (Å²) in [5, 5.41) is 3.83. The number of sulfonamides is 1. The van der Waals surface area contributed by atoms with Gasteiger partial charge in [0.1, 0.15) is 0 Å². The Labute approximate surface area is 175 Å². The van der Waals surface area contributed by atoms with E-state index in [-0.39, 0.29) is 10.8 Å². The minimum absolute atomic E-state index is 0.202. The van der Waals surface area contributed by atoms with E-state index in [4.69, 9.17) is 0 Å². The predicted molar refractivity (Wildman–Crippen MR) is 118 cm³/mol. The molecule has 0 saturated heterocycles. The van der Waals surface area contributed by atoms with Crippen molar-refractivity contribution in [3.63, 3.8) is 0 Å². The Morgan fingerprint density at radius 3 is 2.52 bits per heavy atom. The number of nitrogens with one attached hydrogen (secondary N) is 1. The van der Waals surface area contributed by atoms with E-state index in [1.54, 1.807) is 23.5 Å². The van der Waals surface area contributed by atoms with Crippen LogP contribution in [0.3, 0.4) is 0 Å². The molecule has 0 fully saturated rings. The lowest BCUT2D eigenvalue weighted by Gasteiger charge is -2.20. The lowest BCUT2D eigenvalue weighted by molar-refractivity contribution is 0.102. The van der Waals surface area contributed by atoms with E-state index in [0.29, 0.717) is 24.3 Å². The molecule has 0 bridgehead atoms. The van der Waals surface area contributed by atoms with Crippen molar-refractivity contribution in [2.45, 2.75) is 38.5 Å². The van der Waals surface area contributed by atoms with Crippen LogP contribution in [0.15, 0.2) is 47.4 Å². The molecule has 0 radical (unpaired) electrons. The molecule has 0 aliphatic carbocycles. The van der Waals surface area contributed by atoms with Crippen LogP contribution < -0.4 is 5.32 Å². The van der Waals surface area contributed by atoms with Crippen molar-refractivity contribution in [3.05, 3.63) is 53.0 Å². The quantitative estimate of drug-likeness (QED) is 0.562. The maximum Gasteiger partial charge on any atom is 0.255 e. The van der Waals surface area contributed by atoms with Gasteiger partial charge in [0.05, 0.1) is 20.1 Å². The minimum atomic E-state index is -3.55. The topological polar surface area (TPSA) is 79.4 Å². The van der Waals surface area contributed by atoms with E-state index in [1.807, 2.05) is 39.0 Å². The van der Waals surface area contributed by atoms with Crippen LogP contribution in [0.1, 0.15) is 42.1 Å². The summed E-state index contributed by atoms with van der Waals surface area (Å²) in [5.41, 5.74) is 1.99. The molecule has 1 heterocycles. The number of carbonyl (C=O) groups excluding carboxylic acids is 1. The van der Waals surface area contributed by atoms with Crippen LogP contribution in [0.5, 0.6) is 0 Å².